The Hall–Kier alpha value is -1.39. The van der Waals surface area contributed by atoms with Gasteiger partial charge in [0.25, 0.3) is 0 Å². The molecule has 0 heterocycles. The number of aryl methyl sites for hydroxylation is 1. The van der Waals surface area contributed by atoms with Crippen molar-refractivity contribution >= 4 is 5.91 Å². The maximum absolute atomic E-state index is 10.5. The quantitative estimate of drug-likeness (QED) is 0.713. The van der Waals surface area contributed by atoms with Gasteiger partial charge in [-0.2, -0.15) is 5.48 Å². The van der Waals surface area contributed by atoms with E-state index in [1.807, 2.05) is 19.1 Å². The molecule has 0 aliphatic heterocycles. The molecule has 1 rings (SSSR count). The van der Waals surface area contributed by atoms with Crippen molar-refractivity contribution in [2.75, 3.05) is 6.61 Å². The summed E-state index contributed by atoms with van der Waals surface area (Å²) in [4.78, 5) is 15.4. The number of rotatable bonds is 6. The number of carbonyl (C=O) groups excluding carboxylic acids is 1. The molecule has 88 valence electrons. The van der Waals surface area contributed by atoms with Crippen LogP contribution in [0.2, 0.25) is 0 Å². The molecule has 1 aromatic carbocycles. The molecule has 0 aliphatic rings. The summed E-state index contributed by atoms with van der Waals surface area (Å²) in [6.45, 7) is 3.96. The molecule has 0 bridgehead atoms. The third-order valence-corrected chi connectivity index (χ3v) is 2.36. The van der Waals surface area contributed by atoms with E-state index in [0.717, 1.165) is 12.0 Å². The number of hydroxylamine groups is 1. The maximum atomic E-state index is 10.5. The Morgan fingerprint density at radius 3 is 2.56 bits per heavy atom. The number of nitrogens with two attached hydrogens (primary N) is 1. The molecule has 0 radical (unpaired) electrons. The van der Waals surface area contributed by atoms with Gasteiger partial charge in [0, 0.05) is 0 Å². The van der Waals surface area contributed by atoms with Gasteiger partial charge in [-0.25, -0.2) is 0 Å². The lowest BCUT2D eigenvalue weighted by atomic mass is 10.1. The minimum absolute atomic E-state index is 0.0326. The second-order valence-corrected chi connectivity index (χ2v) is 3.69. The molecule has 1 atom stereocenters. The van der Waals surface area contributed by atoms with Crippen molar-refractivity contribution in [2.24, 2.45) is 5.73 Å². The largest absolute Gasteiger partial charge is 0.368 e. The van der Waals surface area contributed by atoms with Crippen molar-refractivity contribution in [3.05, 3.63) is 35.4 Å². The number of hydrogen-bond donors (Lipinski definition) is 2. The monoisotopic (exact) mass is 222 g/mol. The number of amides is 1. The number of nitrogens with one attached hydrogen (secondary N) is 1. The summed E-state index contributed by atoms with van der Waals surface area (Å²) in [5.41, 5.74) is 10.1. The molecule has 4 heteroatoms. The predicted molar refractivity (Wildman–Crippen MR) is 62.5 cm³/mol. The van der Waals surface area contributed by atoms with E-state index in [9.17, 15) is 4.79 Å². The van der Waals surface area contributed by atoms with E-state index in [0.29, 0.717) is 0 Å². The van der Waals surface area contributed by atoms with Crippen molar-refractivity contribution in [2.45, 2.75) is 26.3 Å². The highest BCUT2D eigenvalue weighted by molar-refractivity contribution is 5.74. The molecule has 0 fully saturated rings. The van der Waals surface area contributed by atoms with E-state index in [1.54, 1.807) is 0 Å². The van der Waals surface area contributed by atoms with Crippen LogP contribution in [-0.4, -0.2) is 12.5 Å². The lowest BCUT2D eigenvalue weighted by Crippen LogP contribution is -2.26. The van der Waals surface area contributed by atoms with Crippen molar-refractivity contribution in [3.63, 3.8) is 0 Å². The van der Waals surface area contributed by atoms with Gasteiger partial charge in [0.2, 0.25) is 5.91 Å². The smallest absolute Gasteiger partial charge is 0.245 e. The third kappa shape index (κ3) is 4.00. The molecule has 0 saturated heterocycles. The van der Waals surface area contributed by atoms with Gasteiger partial charge in [-0.3, -0.25) is 9.63 Å². The topological polar surface area (TPSA) is 64.3 Å². The Kier molecular flexibility index (Phi) is 4.95. The summed E-state index contributed by atoms with van der Waals surface area (Å²) in [7, 11) is 0. The van der Waals surface area contributed by atoms with Crippen LogP contribution < -0.4 is 11.2 Å². The number of primary amides is 1. The molecule has 3 N–H and O–H groups in total. The minimum Gasteiger partial charge on any atom is -0.368 e. The van der Waals surface area contributed by atoms with Crippen LogP contribution in [0.25, 0.3) is 0 Å². The zero-order chi connectivity index (χ0) is 12.0. The van der Waals surface area contributed by atoms with Crippen LogP contribution in [-0.2, 0) is 16.1 Å². The van der Waals surface area contributed by atoms with Crippen LogP contribution in [0.4, 0.5) is 0 Å². The first-order chi connectivity index (χ1) is 7.63. The summed E-state index contributed by atoms with van der Waals surface area (Å²) < 4.78 is 0. The van der Waals surface area contributed by atoms with Gasteiger partial charge in [0.1, 0.15) is 6.61 Å². The Bertz CT molecular complexity index is 335. The van der Waals surface area contributed by atoms with Gasteiger partial charge in [-0.1, -0.05) is 31.2 Å². The summed E-state index contributed by atoms with van der Waals surface area (Å²) in [6, 6.07) is 8.29. The molecule has 1 unspecified atom stereocenters. The molecule has 0 aromatic heterocycles. The lowest BCUT2D eigenvalue weighted by molar-refractivity contribution is -0.126. The zero-order valence-electron chi connectivity index (χ0n) is 9.69. The van der Waals surface area contributed by atoms with E-state index >= 15 is 0 Å². The van der Waals surface area contributed by atoms with E-state index in [1.165, 1.54) is 5.56 Å². The van der Waals surface area contributed by atoms with Crippen LogP contribution in [0.3, 0.4) is 0 Å². The van der Waals surface area contributed by atoms with Crippen molar-refractivity contribution in [1.82, 2.24) is 5.48 Å². The summed E-state index contributed by atoms with van der Waals surface area (Å²) in [6.07, 6.45) is 1.03. The van der Waals surface area contributed by atoms with Crippen LogP contribution >= 0.6 is 0 Å². The number of hydrogen-bond acceptors (Lipinski definition) is 3. The molecule has 16 heavy (non-hydrogen) atoms. The van der Waals surface area contributed by atoms with E-state index < -0.39 is 5.91 Å². The average Bonchev–Trinajstić information content (AvgIpc) is 2.28. The second kappa shape index (κ2) is 6.25. The molecule has 0 aliphatic carbocycles. The standard InChI is InChI=1S/C12H18N2O2/c1-3-10-4-6-11(7-5-10)9(2)14-16-8-12(13)15/h4-7,9,14H,3,8H2,1-2H3,(H2,13,15). The molecule has 0 saturated carbocycles. The second-order valence-electron chi connectivity index (χ2n) is 3.69. The SMILES string of the molecule is CCc1ccc(C(C)NOCC(N)=O)cc1. The van der Waals surface area contributed by atoms with Gasteiger partial charge in [0.05, 0.1) is 6.04 Å². The fourth-order valence-electron chi connectivity index (χ4n) is 1.35. The van der Waals surface area contributed by atoms with Crippen molar-refractivity contribution < 1.29 is 9.63 Å². The highest BCUT2D eigenvalue weighted by Gasteiger charge is 2.05. The average molecular weight is 222 g/mol. The summed E-state index contributed by atoms with van der Waals surface area (Å²) in [5, 5.41) is 0. The summed E-state index contributed by atoms with van der Waals surface area (Å²) in [5.74, 6) is -0.485. The van der Waals surface area contributed by atoms with E-state index in [-0.39, 0.29) is 12.6 Å². The van der Waals surface area contributed by atoms with Crippen molar-refractivity contribution in [1.29, 1.82) is 0 Å². The Balaban J connectivity index is 2.45. The lowest BCUT2D eigenvalue weighted by Gasteiger charge is -2.13. The van der Waals surface area contributed by atoms with Crippen LogP contribution in [0.15, 0.2) is 24.3 Å². The van der Waals surface area contributed by atoms with Gasteiger partial charge in [0.15, 0.2) is 0 Å². The molecule has 0 spiro atoms. The summed E-state index contributed by atoms with van der Waals surface area (Å²) >= 11 is 0. The van der Waals surface area contributed by atoms with E-state index in [2.05, 4.69) is 24.5 Å². The first-order valence-corrected chi connectivity index (χ1v) is 5.38. The fraction of sp³-hybridized carbons (Fsp3) is 0.417. The Labute approximate surface area is 95.7 Å². The highest BCUT2D eigenvalue weighted by Crippen LogP contribution is 2.13. The van der Waals surface area contributed by atoms with Gasteiger partial charge < -0.3 is 5.73 Å². The number of carbonyl (C=O) groups is 1. The normalized spacial score (nSPS) is 12.4. The minimum atomic E-state index is -0.485. The fourth-order valence-corrected chi connectivity index (χ4v) is 1.35. The predicted octanol–water partition coefficient (Wildman–Crippen LogP) is 1.32. The van der Waals surface area contributed by atoms with Crippen LogP contribution in [0.5, 0.6) is 0 Å². The van der Waals surface area contributed by atoms with Crippen LogP contribution in [0, 0.1) is 0 Å². The maximum Gasteiger partial charge on any atom is 0.245 e. The highest BCUT2D eigenvalue weighted by atomic mass is 16.6. The van der Waals surface area contributed by atoms with Gasteiger partial charge in [-0.15, -0.1) is 0 Å². The van der Waals surface area contributed by atoms with E-state index in [4.69, 9.17) is 10.6 Å². The molecule has 1 amide bonds. The first kappa shape index (κ1) is 12.7. The molecular formula is C12H18N2O2. The molecule has 1 aromatic rings. The number of benzene rings is 1. The van der Waals surface area contributed by atoms with Gasteiger partial charge in [-0.05, 0) is 24.5 Å². The Morgan fingerprint density at radius 1 is 1.44 bits per heavy atom. The zero-order valence-corrected chi connectivity index (χ0v) is 9.69. The van der Waals surface area contributed by atoms with Crippen molar-refractivity contribution in [3.8, 4) is 0 Å². The van der Waals surface area contributed by atoms with Gasteiger partial charge >= 0.3 is 0 Å². The Morgan fingerprint density at radius 2 is 2.06 bits per heavy atom. The third-order valence-electron chi connectivity index (χ3n) is 2.36. The van der Waals surface area contributed by atoms with Crippen LogP contribution in [0.1, 0.15) is 31.0 Å². The molecular weight excluding hydrogens is 204 g/mol. The first-order valence-electron chi connectivity index (χ1n) is 5.38. The molecule has 4 nitrogen and oxygen atoms in total.